The molecular weight excluding hydrogens is 352 g/mol. The lowest BCUT2D eigenvalue weighted by molar-refractivity contribution is 0.251. The number of hydrogen-bond acceptors (Lipinski definition) is 4. The first-order valence-electron chi connectivity index (χ1n) is 9.00. The predicted molar refractivity (Wildman–Crippen MR) is 108 cm³/mol. The molecule has 0 radical (unpaired) electrons. The minimum Gasteiger partial charge on any atom is -0.360 e. The molecule has 0 bridgehead atoms. The van der Waals surface area contributed by atoms with Crippen molar-refractivity contribution in [1.29, 1.82) is 0 Å². The van der Waals surface area contributed by atoms with Crippen LogP contribution in [0.15, 0.2) is 65.3 Å². The Bertz CT molecular complexity index is 1120. The van der Waals surface area contributed by atoms with Crippen LogP contribution in [0.1, 0.15) is 16.9 Å². The first-order chi connectivity index (χ1) is 13.6. The van der Waals surface area contributed by atoms with E-state index in [0.717, 1.165) is 27.9 Å². The van der Waals surface area contributed by atoms with E-state index in [4.69, 9.17) is 4.52 Å². The molecule has 0 aliphatic heterocycles. The van der Waals surface area contributed by atoms with E-state index in [1.54, 1.807) is 12.3 Å². The van der Waals surface area contributed by atoms with Crippen LogP contribution in [-0.4, -0.2) is 21.0 Å². The Hall–Kier alpha value is -3.67. The average molecular weight is 372 g/mol. The van der Waals surface area contributed by atoms with Gasteiger partial charge in [-0.05, 0) is 38.0 Å². The molecule has 0 aliphatic rings. The predicted octanol–water partition coefficient (Wildman–Crippen LogP) is 5.21. The van der Waals surface area contributed by atoms with Gasteiger partial charge in [0.25, 0.3) is 0 Å². The van der Waals surface area contributed by atoms with Crippen LogP contribution in [0.4, 0.5) is 10.5 Å². The molecule has 2 aromatic carbocycles. The third-order valence-corrected chi connectivity index (χ3v) is 4.71. The Balaban J connectivity index is 1.75. The van der Waals surface area contributed by atoms with Crippen molar-refractivity contribution in [3.63, 3.8) is 0 Å². The lowest BCUT2D eigenvalue weighted by Gasteiger charge is -2.13. The topological polar surface area (TPSA) is 73.0 Å². The molecule has 28 heavy (non-hydrogen) atoms. The number of para-hydroxylation sites is 1. The normalized spacial score (nSPS) is 10.8. The average Bonchev–Trinajstić information content (AvgIpc) is 3.31. The third-order valence-electron chi connectivity index (χ3n) is 4.71. The molecule has 4 aromatic rings. The van der Waals surface area contributed by atoms with Crippen LogP contribution in [0.3, 0.4) is 0 Å². The highest BCUT2D eigenvalue weighted by atomic mass is 16.5. The maximum atomic E-state index is 13.0. The van der Waals surface area contributed by atoms with E-state index >= 15 is 0 Å². The summed E-state index contributed by atoms with van der Waals surface area (Å²) in [6, 6.07) is 17.1. The zero-order valence-electron chi connectivity index (χ0n) is 15.9. The van der Waals surface area contributed by atoms with Gasteiger partial charge in [-0.2, -0.15) is 9.78 Å². The molecule has 0 saturated carbocycles. The van der Waals surface area contributed by atoms with Gasteiger partial charge in [0.2, 0.25) is 0 Å². The van der Waals surface area contributed by atoms with Crippen molar-refractivity contribution in [3.8, 4) is 22.5 Å². The van der Waals surface area contributed by atoms with Gasteiger partial charge in [0.1, 0.15) is 11.5 Å². The number of nitrogens with zero attached hydrogens (tertiary/aromatic N) is 3. The maximum absolute atomic E-state index is 13.0. The first kappa shape index (κ1) is 17.7. The monoisotopic (exact) mass is 372 g/mol. The van der Waals surface area contributed by atoms with Crippen LogP contribution in [0.5, 0.6) is 0 Å². The van der Waals surface area contributed by atoms with Crippen LogP contribution < -0.4 is 5.32 Å². The van der Waals surface area contributed by atoms with Crippen LogP contribution in [0.2, 0.25) is 0 Å². The number of rotatable bonds is 3. The molecule has 6 heteroatoms. The SMILES string of the molecule is Cc1cccc(C)c1NC(=O)n1nccc1-c1c(-c2ccccc2)noc1C. The van der Waals surface area contributed by atoms with Crippen molar-refractivity contribution in [2.24, 2.45) is 0 Å². The lowest BCUT2D eigenvalue weighted by atomic mass is 10.0. The van der Waals surface area contributed by atoms with E-state index in [-0.39, 0.29) is 6.03 Å². The summed E-state index contributed by atoms with van der Waals surface area (Å²) in [5.74, 6) is 0.625. The minimum atomic E-state index is -0.336. The Labute approximate surface area is 162 Å². The van der Waals surface area contributed by atoms with Gasteiger partial charge >= 0.3 is 6.03 Å². The van der Waals surface area contributed by atoms with E-state index in [9.17, 15) is 4.79 Å². The van der Waals surface area contributed by atoms with Gasteiger partial charge in [0.05, 0.1) is 17.5 Å². The number of aromatic nitrogens is 3. The molecule has 1 amide bonds. The van der Waals surface area contributed by atoms with Crippen molar-refractivity contribution in [3.05, 3.63) is 77.7 Å². The number of amides is 1. The fourth-order valence-electron chi connectivity index (χ4n) is 3.29. The molecule has 2 aromatic heterocycles. The molecule has 0 saturated heterocycles. The summed E-state index contributed by atoms with van der Waals surface area (Å²) in [4.78, 5) is 13.0. The lowest BCUT2D eigenvalue weighted by Crippen LogP contribution is -2.22. The number of carbonyl (C=O) groups is 1. The summed E-state index contributed by atoms with van der Waals surface area (Å²) < 4.78 is 6.79. The highest BCUT2D eigenvalue weighted by molar-refractivity contribution is 5.95. The second kappa shape index (κ2) is 7.15. The van der Waals surface area contributed by atoms with Crippen molar-refractivity contribution < 1.29 is 9.32 Å². The van der Waals surface area contributed by atoms with Crippen LogP contribution in [0.25, 0.3) is 22.5 Å². The molecule has 0 aliphatic carbocycles. The number of benzene rings is 2. The largest absolute Gasteiger partial charge is 0.360 e. The Morgan fingerprint density at radius 1 is 0.964 bits per heavy atom. The molecule has 1 N–H and O–H groups in total. The molecule has 2 heterocycles. The van der Waals surface area contributed by atoms with Gasteiger partial charge in [0.15, 0.2) is 0 Å². The highest BCUT2D eigenvalue weighted by Gasteiger charge is 2.22. The molecule has 0 unspecified atom stereocenters. The summed E-state index contributed by atoms with van der Waals surface area (Å²) in [6.45, 7) is 5.75. The van der Waals surface area contributed by atoms with E-state index in [1.807, 2.05) is 69.3 Å². The van der Waals surface area contributed by atoms with Crippen molar-refractivity contribution >= 4 is 11.7 Å². The molecule has 4 rings (SSSR count). The van der Waals surface area contributed by atoms with Gasteiger partial charge in [-0.25, -0.2) is 4.79 Å². The quantitative estimate of drug-likeness (QED) is 0.536. The van der Waals surface area contributed by atoms with Crippen molar-refractivity contribution in [1.82, 2.24) is 14.9 Å². The standard InChI is InChI=1S/C22H20N4O2/c1-14-8-7-9-15(2)20(14)24-22(27)26-18(12-13-23-26)19-16(3)28-25-21(19)17-10-5-4-6-11-17/h4-13H,1-3H3,(H,24,27). The molecule has 0 fully saturated rings. The summed E-state index contributed by atoms with van der Waals surface area (Å²) in [6.07, 6.45) is 1.60. The number of aryl methyl sites for hydroxylation is 3. The van der Waals surface area contributed by atoms with Crippen molar-refractivity contribution in [2.75, 3.05) is 5.32 Å². The van der Waals surface area contributed by atoms with Crippen LogP contribution in [0, 0.1) is 20.8 Å². The van der Waals surface area contributed by atoms with Gasteiger partial charge < -0.3 is 9.84 Å². The number of hydrogen-bond donors (Lipinski definition) is 1. The Kier molecular flexibility index (Phi) is 4.53. The molecule has 0 spiro atoms. The summed E-state index contributed by atoms with van der Waals surface area (Å²) in [5.41, 5.74) is 5.75. The minimum absolute atomic E-state index is 0.336. The summed E-state index contributed by atoms with van der Waals surface area (Å²) >= 11 is 0. The molecule has 140 valence electrons. The van der Waals surface area contributed by atoms with Gasteiger partial charge in [0, 0.05) is 11.3 Å². The second-order valence-electron chi connectivity index (χ2n) is 6.65. The van der Waals surface area contributed by atoms with E-state index in [0.29, 0.717) is 17.1 Å². The zero-order valence-corrected chi connectivity index (χ0v) is 15.9. The zero-order chi connectivity index (χ0) is 19.7. The van der Waals surface area contributed by atoms with Crippen LogP contribution in [-0.2, 0) is 0 Å². The molecule has 6 nitrogen and oxygen atoms in total. The van der Waals surface area contributed by atoms with Gasteiger partial charge in [-0.1, -0.05) is 53.7 Å². The van der Waals surface area contributed by atoms with E-state index in [1.165, 1.54) is 4.68 Å². The molecular formula is C22H20N4O2. The first-order valence-corrected chi connectivity index (χ1v) is 9.00. The van der Waals surface area contributed by atoms with Crippen LogP contribution >= 0.6 is 0 Å². The Morgan fingerprint density at radius 2 is 1.68 bits per heavy atom. The second-order valence-corrected chi connectivity index (χ2v) is 6.65. The van der Waals surface area contributed by atoms with Crippen molar-refractivity contribution in [2.45, 2.75) is 20.8 Å². The Morgan fingerprint density at radius 3 is 2.39 bits per heavy atom. The molecule has 0 atom stereocenters. The smallest absolute Gasteiger partial charge is 0.347 e. The summed E-state index contributed by atoms with van der Waals surface area (Å²) in [7, 11) is 0. The fourth-order valence-corrected chi connectivity index (χ4v) is 3.29. The number of carbonyl (C=O) groups excluding carboxylic acids is 1. The van der Waals surface area contributed by atoms with Gasteiger partial charge in [-0.15, -0.1) is 0 Å². The van der Waals surface area contributed by atoms with E-state index < -0.39 is 0 Å². The number of anilines is 1. The summed E-state index contributed by atoms with van der Waals surface area (Å²) in [5, 5.41) is 11.4. The highest BCUT2D eigenvalue weighted by Crippen LogP contribution is 2.34. The van der Waals surface area contributed by atoms with E-state index in [2.05, 4.69) is 15.6 Å². The number of nitrogens with one attached hydrogen (secondary N) is 1. The van der Waals surface area contributed by atoms with Gasteiger partial charge in [-0.3, -0.25) is 0 Å². The fraction of sp³-hybridized carbons (Fsp3) is 0.136. The maximum Gasteiger partial charge on any atom is 0.347 e. The third kappa shape index (κ3) is 3.09.